The molecule has 0 aliphatic heterocycles. The van der Waals surface area contributed by atoms with Gasteiger partial charge in [0.1, 0.15) is 0 Å². The van der Waals surface area contributed by atoms with Gasteiger partial charge in [-0.3, -0.25) is 9.35 Å². The van der Waals surface area contributed by atoms with Crippen LogP contribution in [0.4, 0.5) is 0 Å². The van der Waals surface area contributed by atoms with Gasteiger partial charge in [-0.15, -0.1) is 0 Å². The van der Waals surface area contributed by atoms with E-state index in [-0.39, 0.29) is 34.9 Å². The van der Waals surface area contributed by atoms with Gasteiger partial charge in [0.25, 0.3) is 10.1 Å². The van der Waals surface area contributed by atoms with Crippen molar-refractivity contribution in [3.63, 3.8) is 0 Å². The second kappa shape index (κ2) is 6.47. The van der Waals surface area contributed by atoms with Crippen LogP contribution in [0.3, 0.4) is 0 Å². The maximum absolute atomic E-state index is 10.7. The van der Waals surface area contributed by atoms with Crippen molar-refractivity contribution < 1.29 is 17.8 Å². The number of carbonyl (C=O) groups excluding carboxylic acids is 1. The fraction of sp³-hybridized carbons (Fsp3) is 0.750. The van der Waals surface area contributed by atoms with Crippen LogP contribution in [0.5, 0.6) is 0 Å². The molecule has 0 aromatic carbocycles. The molecule has 0 spiro atoms. The molecule has 0 aromatic rings. The SMILES string of the molecule is NCC(C(=O)CBr)S(=O)(=O)O.[NaH]. The normalized spacial score (nSPS) is 13.2. The van der Waals surface area contributed by atoms with E-state index in [0.29, 0.717) is 0 Å². The van der Waals surface area contributed by atoms with E-state index < -0.39 is 27.7 Å². The van der Waals surface area contributed by atoms with Gasteiger partial charge < -0.3 is 5.73 Å². The molecule has 0 amide bonds. The standard InChI is InChI=1S/C4H8BrNO4S.Na.H/c5-1-3(7)4(2-6)11(8,9)10;;/h4H,1-2,6H2,(H,8,9,10);;. The van der Waals surface area contributed by atoms with Crippen molar-refractivity contribution in [2.45, 2.75) is 5.25 Å². The van der Waals surface area contributed by atoms with Crippen LogP contribution in [0.1, 0.15) is 0 Å². The zero-order chi connectivity index (χ0) is 9.07. The molecule has 12 heavy (non-hydrogen) atoms. The molecule has 5 nitrogen and oxygen atoms in total. The summed E-state index contributed by atoms with van der Waals surface area (Å²) in [6.07, 6.45) is 0. The first-order chi connectivity index (χ1) is 4.93. The van der Waals surface area contributed by atoms with Crippen LogP contribution in [0, 0.1) is 0 Å². The summed E-state index contributed by atoms with van der Waals surface area (Å²) >= 11 is 2.77. The molecular weight excluding hydrogens is 261 g/mol. The minimum atomic E-state index is -4.33. The molecule has 0 bridgehead atoms. The van der Waals surface area contributed by atoms with E-state index in [9.17, 15) is 13.2 Å². The zero-order valence-corrected chi connectivity index (χ0v) is 7.93. The zero-order valence-electron chi connectivity index (χ0n) is 5.53. The topological polar surface area (TPSA) is 97.5 Å². The second-order valence-corrected chi connectivity index (χ2v) is 4.00. The number of hydrogen-bond donors (Lipinski definition) is 2. The molecule has 1 atom stereocenters. The first kappa shape index (κ1) is 15.5. The van der Waals surface area contributed by atoms with Crippen molar-refractivity contribution >= 4 is 61.4 Å². The average molecular weight is 270 g/mol. The van der Waals surface area contributed by atoms with E-state index in [1.807, 2.05) is 0 Å². The molecule has 0 saturated heterocycles. The number of nitrogens with two attached hydrogens (primary N) is 1. The van der Waals surface area contributed by atoms with Crippen molar-refractivity contribution in [3.05, 3.63) is 0 Å². The fourth-order valence-corrected chi connectivity index (χ4v) is 1.77. The van der Waals surface area contributed by atoms with Gasteiger partial charge in [0.15, 0.2) is 11.0 Å². The third kappa shape index (κ3) is 4.90. The van der Waals surface area contributed by atoms with Gasteiger partial charge in [-0.1, -0.05) is 15.9 Å². The molecule has 0 fully saturated rings. The van der Waals surface area contributed by atoms with Crippen LogP contribution in [0.2, 0.25) is 0 Å². The van der Waals surface area contributed by atoms with Gasteiger partial charge in [0.2, 0.25) is 0 Å². The Bertz CT molecular complexity index is 241. The average Bonchev–Trinajstić information content (AvgIpc) is 1.86. The van der Waals surface area contributed by atoms with Crippen LogP contribution >= 0.6 is 15.9 Å². The van der Waals surface area contributed by atoms with Crippen LogP contribution in [0.15, 0.2) is 0 Å². The molecule has 68 valence electrons. The Kier molecular flexibility index (Phi) is 8.35. The molecule has 0 heterocycles. The molecule has 3 N–H and O–H groups in total. The predicted octanol–water partition coefficient (Wildman–Crippen LogP) is -1.48. The molecule has 0 aliphatic rings. The van der Waals surface area contributed by atoms with Crippen LogP contribution in [-0.2, 0) is 14.9 Å². The van der Waals surface area contributed by atoms with Crippen LogP contribution in [0.25, 0.3) is 0 Å². The summed E-state index contributed by atoms with van der Waals surface area (Å²) in [4.78, 5) is 10.7. The van der Waals surface area contributed by atoms with E-state index in [4.69, 9.17) is 10.3 Å². The number of carbonyl (C=O) groups is 1. The summed E-state index contributed by atoms with van der Waals surface area (Å²) in [5, 5.41) is -1.63. The minimum absolute atomic E-state index is 0. The third-order valence-electron chi connectivity index (χ3n) is 1.06. The first-order valence-electron chi connectivity index (χ1n) is 2.68. The number of Topliss-reactive ketones (excluding diaryl/α,β-unsaturated/α-hetero) is 1. The summed E-state index contributed by atoms with van der Waals surface area (Å²) < 4.78 is 29.2. The quantitative estimate of drug-likeness (QED) is 0.369. The predicted molar refractivity (Wildman–Crippen MR) is 50.3 cm³/mol. The Morgan fingerprint density at radius 3 is 2.08 bits per heavy atom. The van der Waals surface area contributed by atoms with Gasteiger partial charge in [-0.05, 0) is 0 Å². The molecule has 0 saturated carbocycles. The number of rotatable bonds is 4. The maximum atomic E-state index is 10.7. The number of halogens is 1. The number of hydrogen-bond acceptors (Lipinski definition) is 4. The van der Waals surface area contributed by atoms with Gasteiger partial charge in [0.05, 0.1) is 5.33 Å². The van der Waals surface area contributed by atoms with E-state index in [0.717, 1.165) is 0 Å². The van der Waals surface area contributed by atoms with Crippen molar-refractivity contribution in [1.82, 2.24) is 0 Å². The van der Waals surface area contributed by atoms with Crippen LogP contribution in [-0.4, -0.2) is 65.4 Å². The molecular formula is C4H9BrNNaO4S. The molecule has 1 unspecified atom stereocenters. The first-order valence-corrected chi connectivity index (χ1v) is 5.31. The molecule has 0 radical (unpaired) electrons. The summed E-state index contributed by atoms with van der Waals surface area (Å²) in [5.74, 6) is -0.644. The van der Waals surface area contributed by atoms with Gasteiger partial charge >= 0.3 is 29.6 Å². The Labute approximate surface area is 101 Å². The summed E-state index contributed by atoms with van der Waals surface area (Å²) in [6, 6.07) is 0. The molecule has 0 aromatic heterocycles. The molecule has 0 aliphatic carbocycles. The molecule has 8 heteroatoms. The van der Waals surface area contributed by atoms with Crippen molar-refractivity contribution in [1.29, 1.82) is 0 Å². The molecule has 0 rings (SSSR count). The summed E-state index contributed by atoms with van der Waals surface area (Å²) in [5.41, 5.74) is 4.95. The number of ketones is 1. The Hall–Kier alpha value is 1.02. The Morgan fingerprint density at radius 1 is 1.58 bits per heavy atom. The van der Waals surface area contributed by atoms with Crippen molar-refractivity contribution in [2.75, 3.05) is 11.9 Å². The van der Waals surface area contributed by atoms with Crippen molar-refractivity contribution in [3.8, 4) is 0 Å². The van der Waals surface area contributed by atoms with Crippen molar-refractivity contribution in [2.24, 2.45) is 5.73 Å². The Balaban J connectivity index is 0. The van der Waals surface area contributed by atoms with E-state index in [1.165, 1.54) is 0 Å². The van der Waals surface area contributed by atoms with Gasteiger partial charge in [-0.2, -0.15) is 8.42 Å². The van der Waals surface area contributed by atoms with Gasteiger partial charge in [-0.25, -0.2) is 0 Å². The monoisotopic (exact) mass is 269 g/mol. The van der Waals surface area contributed by atoms with E-state index in [1.54, 1.807) is 0 Å². The fourth-order valence-electron chi connectivity index (χ4n) is 0.505. The van der Waals surface area contributed by atoms with Crippen LogP contribution < -0.4 is 5.73 Å². The summed E-state index contributed by atoms with van der Waals surface area (Å²) in [7, 11) is -4.33. The second-order valence-electron chi connectivity index (χ2n) is 1.84. The third-order valence-corrected chi connectivity index (χ3v) is 2.79. The Morgan fingerprint density at radius 2 is 2.00 bits per heavy atom. The summed E-state index contributed by atoms with van der Waals surface area (Å²) in [6.45, 7) is -0.400. The van der Waals surface area contributed by atoms with Gasteiger partial charge in [0, 0.05) is 6.54 Å². The van der Waals surface area contributed by atoms with E-state index in [2.05, 4.69) is 15.9 Å². The van der Waals surface area contributed by atoms with E-state index >= 15 is 0 Å². The number of alkyl halides is 1.